The van der Waals surface area contributed by atoms with E-state index in [0.29, 0.717) is 5.75 Å². The lowest BCUT2D eigenvalue weighted by Crippen LogP contribution is -2.41. The van der Waals surface area contributed by atoms with E-state index in [1.54, 1.807) is 6.92 Å². The third-order valence-electron chi connectivity index (χ3n) is 2.61. The molecule has 1 N–H and O–H groups in total. The highest BCUT2D eigenvalue weighted by Crippen LogP contribution is 2.17. The van der Waals surface area contributed by atoms with Gasteiger partial charge in [-0.2, -0.15) is 0 Å². The number of halogens is 1. The highest BCUT2D eigenvalue weighted by molar-refractivity contribution is 9.10. The Morgan fingerprint density at radius 1 is 1.33 bits per heavy atom. The Bertz CT molecular complexity index is 378. The summed E-state index contributed by atoms with van der Waals surface area (Å²) in [7, 11) is 0. The molecule has 1 rings (SSSR count). The van der Waals surface area contributed by atoms with Crippen LogP contribution in [0.15, 0.2) is 28.7 Å². The highest BCUT2D eigenvalue weighted by atomic mass is 79.9. The minimum absolute atomic E-state index is 0.0705. The number of benzene rings is 1. The predicted octanol–water partition coefficient (Wildman–Crippen LogP) is 3.52. The Morgan fingerprint density at radius 2 is 1.94 bits per heavy atom. The van der Waals surface area contributed by atoms with E-state index in [-0.39, 0.29) is 11.9 Å². The van der Waals surface area contributed by atoms with Crippen molar-refractivity contribution < 1.29 is 9.53 Å². The molecule has 0 bridgehead atoms. The first-order chi connectivity index (χ1) is 8.52. The van der Waals surface area contributed by atoms with Crippen molar-refractivity contribution in [3.05, 3.63) is 28.7 Å². The van der Waals surface area contributed by atoms with Gasteiger partial charge in [-0.25, -0.2) is 0 Å². The van der Waals surface area contributed by atoms with Crippen LogP contribution in [-0.2, 0) is 4.79 Å². The molecular formula is C14H20BrNO2. The number of ether oxygens (including phenoxy) is 1. The van der Waals surface area contributed by atoms with Gasteiger partial charge in [-0.3, -0.25) is 4.79 Å². The van der Waals surface area contributed by atoms with Gasteiger partial charge in [0, 0.05) is 10.5 Å². The standard InChI is InChI=1S/C14H20BrNO2/c1-4-5-10(2)16-14(17)11(3)18-13-8-6-12(15)7-9-13/h6-11H,4-5H2,1-3H3,(H,16,17)/t10-,11-/m0/s1. The molecule has 100 valence electrons. The average molecular weight is 314 g/mol. The van der Waals surface area contributed by atoms with Gasteiger partial charge in [-0.1, -0.05) is 29.3 Å². The molecule has 0 aliphatic carbocycles. The van der Waals surface area contributed by atoms with Crippen molar-refractivity contribution in [3.63, 3.8) is 0 Å². The van der Waals surface area contributed by atoms with E-state index < -0.39 is 6.10 Å². The molecule has 1 amide bonds. The van der Waals surface area contributed by atoms with Crippen LogP contribution in [0.25, 0.3) is 0 Å². The number of amides is 1. The number of nitrogens with one attached hydrogen (secondary N) is 1. The van der Waals surface area contributed by atoms with Gasteiger partial charge in [0.05, 0.1) is 0 Å². The molecule has 0 spiro atoms. The van der Waals surface area contributed by atoms with E-state index in [9.17, 15) is 4.79 Å². The van der Waals surface area contributed by atoms with Crippen LogP contribution in [0.3, 0.4) is 0 Å². The Balaban J connectivity index is 2.46. The summed E-state index contributed by atoms with van der Waals surface area (Å²) in [6.07, 6.45) is 1.56. The monoisotopic (exact) mass is 313 g/mol. The van der Waals surface area contributed by atoms with E-state index in [1.807, 2.05) is 31.2 Å². The van der Waals surface area contributed by atoms with Gasteiger partial charge in [0.1, 0.15) is 5.75 Å². The lowest BCUT2D eigenvalue weighted by molar-refractivity contribution is -0.127. The van der Waals surface area contributed by atoms with E-state index in [1.165, 1.54) is 0 Å². The van der Waals surface area contributed by atoms with Crippen LogP contribution in [0, 0.1) is 0 Å². The quantitative estimate of drug-likeness (QED) is 0.872. The van der Waals surface area contributed by atoms with Crippen molar-refractivity contribution in [2.75, 3.05) is 0 Å². The Hall–Kier alpha value is -1.03. The Kier molecular flexibility index (Phi) is 6.19. The molecule has 0 unspecified atom stereocenters. The van der Waals surface area contributed by atoms with Gasteiger partial charge in [-0.05, 0) is 44.5 Å². The maximum atomic E-state index is 11.9. The van der Waals surface area contributed by atoms with Crippen LogP contribution < -0.4 is 10.1 Å². The normalized spacial score (nSPS) is 13.8. The van der Waals surface area contributed by atoms with Crippen molar-refractivity contribution in [3.8, 4) is 5.75 Å². The molecule has 18 heavy (non-hydrogen) atoms. The van der Waals surface area contributed by atoms with Crippen LogP contribution in [-0.4, -0.2) is 18.1 Å². The molecule has 0 aromatic heterocycles. The third kappa shape index (κ3) is 5.08. The zero-order chi connectivity index (χ0) is 13.5. The van der Waals surface area contributed by atoms with Gasteiger partial charge in [0.25, 0.3) is 5.91 Å². The first kappa shape index (κ1) is 15.0. The van der Waals surface area contributed by atoms with Crippen LogP contribution in [0.5, 0.6) is 5.75 Å². The van der Waals surface area contributed by atoms with Crippen molar-refractivity contribution in [2.45, 2.75) is 45.8 Å². The topological polar surface area (TPSA) is 38.3 Å². The van der Waals surface area contributed by atoms with Crippen molar-refractivity contribution in [1.29, 1.82) is 0 Å². The molecule has 0 saturated heterocycles. The lowest BCUT2D eigenvalue weighted by atomic mass is 10.2. The van der Waals surface area contributed by atoms with Gasteiger partial charge in [0.2, 0.25) is 0 Å². The molecule has 0 aliphatic heterocycles. The lowest BCUT2D eigenvalue weighted by Gasteiger charge is -2.18. The second kappa shape index (κ2) is 7.41. The zero-order valence-corrected chi connectivity index (χ0v) is 12.7. The second-order valence-corrected chi connectivity index (χ2v) is 5.33. The van der Waals surface area contributed by atoms with Gasteiger partial charge in [-0.15, -0.1) is 0 Å². The van der Waals surface area contributed by atoms with Gasteiger partial charge >= 0.3 is 0 Å². The number of carbonyl (C=O) groups is 1. The fourth-order valence-corrected chi connectivity index (χ4v) is 1.90. The Morgan fingerprint density at radius 3 is 2.50 bits per heavy atom. The summed E-state index contributed by atoms with van der Waals surface area (Å²) in [6.45, 7) is 5.87. The minimum atomic E-state index is -0.481. The fourth-order valence-electron chi connectivity index (χ4n) is 1.64. The molecule has 0 fully saturated rings. The highest BCUT2D eigenvalue weighted by Gasteiger charge is 2.16. The number of carbonyl (C=O) groups excluding carboxylic acids is 1. The Labute approximate surface area is 117 Å². The number of hydrogen-bond donors (Lipinski definition) is 1. The van der Waals surface area contributed by atoms with Crippen LogP contribution >= 0.6 is 15.9 Å². The maximum Gasteiger partial charge on any atom is 0.260 e. The molecular weight excluding hydrogens is 294 g/mol. The van der Waals surface area contributed by atoms with E-state index in [4.69, 9.17) is 4.74 Å². The maximum absolute atomic E-state index is 11.9. The summed E-state index contributed by atoms with van der Waals surface area (Å²) in [5, 5.41) is 2.94. The molecule has 1 aromatic rings. The summed E-state index contributed by atoms with van der Waals surface area (Å²) in [4.78, 5) is 11.9. The first-order valence-electron chi connectivity index (χ1n) is 6.25. The molecule has 0 saturated carbocycles. The van der Waals surface area contributed by atoms with Crippen molar-refractivity contribution >= 4 is 21.8 Å². The molecule has 1 aromatic carbocycles. The van der Waals surface area contributed by atoms with Crippen LogP contribution in [0.2, 0.25) is 0 Å². The molecule has 0 heterocycles. The minimum Gasteiger partial charge on any atom is -0.481 e. The third-order valence-corrected chi connectivity index (χ3v) is 3.13. The summed E-state index contributed by atoms with van der Waals surface area (Å²) < 4.78 is 6.57. The van der Waals surface area contributed by atoms with E-state index >= 15 is 0 Å². The number of hydrogen-bond acceptors (Lipinski definition) is 2. The van der Waals surface area contributed by atoms with Crippen molar-refractivity contribution in [1.82, 2.24) is 5.32 Å². The number of rotatable bonds is 6. The fraction of sp³-hybridized carbons (Fsp3) is 0.500. The summed E-state index contributed by atoms with van der Waals surface area (Å²) >= 11 is 3.36. The van der Waals surface area contributed by atoms with Gasteiger partial charge < -0.3 is 10.1 Å². The van der Waals surface area contributed by atoms with E-state index in [0.717, 1.165) is 17.3 Å². The summed E-state index contributed by atoms with van der Waals surface area (Å²) in [5.74, 6) is 0.628. The predicted molar refractivity (Wildman–Crippen MR) is 76.7 cm³/mol. The molecule has 0 radical (unpaired) electrons. The van der Waals surface area contributed by atoms with Crippen molar-refractivity contribution in [2.24, 2.45) is 0 Å². The largest absolute Gasteiger partial charge is 0.481 e. The van der Waals surface area contributed by atoms with Crippen LogP contribution in [0.4, 0.5) is 0 Å². The molecule has 0 aliphatic rings. The molecule has 4 heteroatoms. The summed E-state index contributed by atoms with van der Waals surface area (Å²) in [5.41, 5.74) is 0. The van der Waals surface area contributed by atoms with E-state index in [2.05, 4.69) is 28.2 Å². The zero-order valence-electron chi connectivity index (χ0n) is 11.1. The smallest absolute Gasteiger partial charge is 0.260 e. The molecule has 2 atom stereocenters. The first-order valence-corrected chi connectivity index (χ1v) is 7.04. The SMILES string of the molecule is CCC[C@H](C)NC(=O)[C@H](C)Oc1ccc(Br)cc1. The summed E-state index contributed by atoms with van der Waals surface area (Å²) in [6, 6.07) is 7.64. The second-order valence-electron chi connectivity index (χ2n) is 4.41. The van der Waals surface area contributed by atoms with Crippen LogP contribution in [0.1, 0.15) is 33.6 Å². The van der Waals surface area contributed by atoms with Gasteiger partial charge in [0.15, 0.2) is 6.10 Å². The molecule has 3 nitrogen and oxygen atoms in total. The average Bonchev–Trinajstić information content (AvgIpc) is 2.32.